The smallest absolute Gasteiger partial charge is 0.265 e. The van der Waals surface area contributed by atoms with Crippen molar-refractivity contribution in [3.05, 3.63) is 69.0 Å². The fourth-order valence-corrected chi connectivity index (χ4v) is 3.07. The zero-order valence-electron chi connectivity index (χ0n) is 12.5. The second kappa shape index (κ2) is 6.62. The first-order valence-corrected chi connectivity index (χ1v) is 8.06. The molecule has 5 heteroatoms. The van der Waals surface area contributed by atoms with Crippen LogP contribution in [0.4, 0.5) is 5.69 Å². The highest BCUT2D eigenvalue weighted by Crippen LogP contribution is 2.19. The lowest BCUT2D eigenvalue weighted by atomic mass is 10.2. The number of fused-ring (bicyclic) bond motifs is 1. The average Bonchev–Trinajstić information content (AvgIpc) is 2.57. The summed E-state index contributed by atoms with van der Waals surface area (Å²) in [5.74, 6) is 0.461. The number of rotatable bonds is 4. The molecular weight excluding hydrogens is 310 g/mol. The number of carbonyl (C=O) groups excluding carboxylic acids is 1. The summed E-state index contributed by atoms with van der Waals surface area (Å²) in [6.45, 7) is 2.51. The van der Waals surface area contributed by atoms with Gasteiger partial charge >= 0.3 is 0 Å². The number of anilines is 1. The van der Waals surface area contributed by atoms with Crippen LogP contribution >= 0.6 is 11.3 Å². The Morgan fingerprint density at radius 2 is 1.87 bits per heavy atom. The van der Waals surface area contributed by atoms with Gasteiger partial charge in [0.15, 0.2) is 0 Å². The van der Waals surface area contributed by atoms with E-state index in [4.69, 9.17) is 4.74 Å². The summed E-state index contributed by atoms with van der Waals surface area (Å²) in [5.41, 5.74) is 0.659. The van der Waals surface area contributed by atoms with E-state index in [-0.39, 0.29) is 10.6 Å². The molecule has 1 N–H and O–H groups in total. The third-order valence-corrected chi connectivity index (χ3v) is 4.25. The van der Waals surface area contributed by atoms with E-state index in [1.165, 1.54) is 0 Å². The lowest BCUT2D eigenvalue weighted by Crippen LogP contribution is -2.12. The molecule has 0 unspecified atom stereocenters. The highest BCUT2D eigenvalue weighted by molar-refractivity contribution is 7.12. The third-order valence-electron chi connectivity index (χ3n) is 3.32. The maximum absolute atomic E-state index is 12.3. The van der Waals surface area contributed by atoms with Gasteiger partial charge < -0.3 is 10.1 Å². The quantitative estimate of drug-likeness (QED) is 0.791. The fraction of sp³-hybridized carbons (Fsp3) is 0.111. The minimum atomic E-state index is -0.290. The molecule has 1 aromatic heterocycles. The Morgan fingerprint density at radius 1 is 1.13 bits per heavy atom. The molecule has 0 saturated carbocycles. The van der Waals surface area contributed by atoms with Crippen LogP contribution in [0.5, 0.6) is 5.75 Å². The molecule has 0 aliphatic heterocycles. The molecule has 0 saturated heterocycles. The van der Waals surface area contributed by atoms with Crippen LogP contribution in [0.3, 0.4) is 0 Å². The molecule has 0 fully saturated rings. The normalized spacial score (nSPS) is 10.5. The van der Waals surface area contributed by atoms with Crippen LogP contribution in [0.15, 0.2) is 59.4 Å². The molecule has 0 bridgehead atoms. The van der Waals surface area contributed by atoms with Gasteiger partial charge in [-0.15, -0.1) is 0 Å². The van der Waals surface area contributed by atoms with Gasteiger partial charge in [-0.2, -0.15) is 0 Å². The third kappa shape index (κ3) is 3.40. The summed E-state index contributed by atoms with van der Waals surface area (Å²) in [5, 5.41) is 4.20. The van der Waals surface area contributed by atoms with Gasteiger partial charge in [0.1, 0.15) is 5.75 Å². The van der Waals surface area contributed by atoms with Gasteiger partial charge in [0.25, 0.3) is 5.91 Å². The van der Waals surface area contributed by atoms with Crippen LogP contribution in [0.2, 0.25) is 0 Å². The summed E-state index contributed by atoms with van der Waals surface area (Å²) < 4.78 is 5.25. The van der Waals surface area contributed by atoms with Crippen LogP contribution < -0.4 is 14.8 Å². The highest BCUT2D eigenvalue weighted by atomic mass is 32.1. The Labute approximate surface area is 137 Å². The summed E-state index contributed by atoms with van der Waals surface area (Å²) >= 11 is 0.953. The molecule has 0 atom stereocenters. The number of amides is 1. The minimum Gasteiger partial charge on any atom is -0.494 e. The first-order valence-electron chi connectivity index (χ1n) is 7.24. The first-order chi connectivity index (χ1) is 11.2. The van der Waals surface area contributed by atoms with Crippen molar-refractivity contribution in [2.75, 3.05) is 11.9 Å². The fourth-order valence-electron chi connectivity index (χ4n) is 2.24. The van der Waals surface area contributed by atoms with Gasteiger partial charge in [-0.3, -0.25) is 9.59 Å². The lowest BCUT2D eigenvalue weighted by Gasteiger charge is -2.07. The molecule has 3 rings (SSSR count). The first kappa shape index (κ1) is 15.2. The molecule has 3 aromatic rings. The van der Waals surface area contributed by atoms with E-state index < -0.39 is 0 Å². The minimum absolute atomic E-state index is 0.111. The Kier molecular flexibility index (Phi) is 4.39. The number of nitrogens with one attached hydrogen (secondary N) is 1. The molecule has 0 aliphatic rings. The monoisotopic (exact) mass is 325 g/mol. The summed E-state index contributed by atoms with van der Waals surface area (Å²) in [7, 11) is 0. The van der Waals surface area contributed by atoms with Crippen molar-refractivity contribution >= 4 is 33.7 Å². The second-order valence-corrected chi connectivity index (χ2v) is 5.91. The van der Waals surface area contributed by atoms with Gasteiger partial charge in [0.05, 0.1) is 11.5 Å². The molecule has 4 nitrogen and oxygen atoms in total. The molecule has 116 valence electrons. The summed E-state index contributed by atoms with van der Waals surface area (Å²) in [6, 6.07) is 16.1. The van der Waals surface area contributed by atoms with E-state index in [0.29, 0.717) is 22.6 Å². The zero-order chi connectivity index (χ0) is 16.2. The SMILES string of the molecule is CCOc1ccc(NC(=O)c2cc3ccccc3c(=O)s2)cc1. The summed E-state index contributed by atoms with van der Waals surface area (Å²) in [6.07, 6.45) is 0. The number of benzene rings is 2. The van der Waals surface area contributed by atoms with Crippen LogP contribution in [-0.4, -0.2) is 12.5 Å². The van der Waals surface area contributed by atoms with Crippen LogP contribution in [-0.2, 0) is 0 Å². The van der Waals surface area contributed by atoms with E-state index in [0.717, 1.165) is 22.5 Å². The molecule has 1 amide bonds. The topological polar surface area (TPSA) is 55.4 Å². The van der Waals surface area contributed by atoms with Crippen molar-refractivity contribution in [1.29, 1.82) is 0 Å². The predicted octanol–water partition coefficient (Wildman–Crippen LogP) is 3.91. The van der Waals surface area contributed by atoms with Crippen molar-refractivity contribution in [2.24, 2.45) is 0 Å². The van der Waals surface area contributed by atoms with Gasteiger partial charge in [0.2, 0.25) is 4.74 Å². The van der Waals surface area contributed by atoms with Crippen molar-refractivity contribution in [2.45, 2.75) is 6.92 Å². The molecular formula is C18H15NO3S. The van der Waals surface area contributed by atoms with Gasteiger partial charge in [0, 0.05) is 11.1 Å². The molecule has 1 heterocycles. The Morgan fingerprint density at radius 3 is 2.61 bits per heavy atom. The summed E-state index contributed by atoms with van der Waals surface area (Å²) in [4.78, 5) is 24.8. The van der Waals surface area contributed by atoms with Crippen molar-refractivity contribution in [3.8, 4) is 5.75 Å². The van der Waals surface area contributed by atoms with Crippen LogP contribution in [0.25, 0.3) is 10.8 Å². The standard InChI is InChI=1S/C18H15NO3S/c1-2-22-14-9-7-13(8-10-14)19-17(20)16-11-12-5-3-4-6-15(12)18(21)23-16/h3-11H,2H2,1H3,(H,19,20). The van der Waals surface area contributed by atoms with Crippen molar-refractivity contribution in [1.82, 2.24) is 0 Å². The molecule has 23 heavy (non-hydrogen) atoms. The molecule has 0 aliphatic carbocycles. The van der Waals surface area contributed by atoms with Gasteiger partial charge in [-0.25, -0.2) is 0 Å². The zero-order valence-corrected chi connectivity index (χ0v) is 13.4. The largest absolute Gasteiger partial charge is 0.494 e. The van der Waals surface area contributed by atoms with Crippen molar-refractivity contribution < 1.29 is 9.53 Å². The predicted molar refractivity (Wildman–Crippen MR) is 93.7 cm³/mol. The van der Waals surface area contributed by atoms with E-state index in [1.54, 1.807) is 36.4 Å². The molecule has 0 radical (unpaired) electrons. The van der Waals surface area contributed by atoms with E-state index >= 15 is 0 Å². The Balaban J connectivity index is 1.84. The molecule has 0 spiro atoms. The lowest BCUT2D eigenvalue weighted by molar-refractivity contribution is 0.103. The average molecular weight is 325 g/mol. The van der Waals surface area contributed by atoms with Crippen molar-refractivity contribution in [3.63, 3.8) is 0 Å². The Bertz CT molecular complexity index is 900. The van der Waals surface area contributed by atoms with Crippen LogP contribution in [0.1, 0.15) is 16.6 Å². The van der Waals surface area contributed by atoms with Crippen LogP contribution in [0, 0.1) is 0 Å². The number of carbonyl (C=O) groups is 1. The number of ether oxygens (including phenoxy) is 1. The van der Waals surface area contributed by atoms with Gasteiger partial charge in [-0.05, 0) is 48.7 Å². The number of hydrogen-bond donors (Lipinski definition) is 1. The number of hydrogen-bond acceptors (Lipinski definition) is 4. The van der Waals surface area contributed by atoms with E-state index in [9.17, 15) is 9.59 Å². The van der Waals surface area contributed by atoms with E-state index in [2.05, 4.69) is 5.32 Å². The highest BCUT2D eigenvalue weighted by Gasteiger charge is 2.10. The van der Waals surface area contributed by atoms with Gasteiger partial charge in [-0.1, -0.05) is 29.5 Å². The molecule has 2 aromatic carbocycles. The second-order valence-electron chi connectivity index (χ2n) is 4.90. The Hall–Kier alpha value is -2.66. The van der Waals surface area contributed by atoms with E-state index in [1.807, 2.05) is 25.1 Å². The maximum atomic E-state index is 12.3. The maximum Gasteiger partial charge on any atom is 0.265 e.